The topological polar surface area (TPSA) is 56.7 Å². The lowest BCUT2D eigenvalue weighted by Gasteiger charge is -2.11. The van der Waals surface area contributed by atoms with Crippen LogP contribution in [0.1, 0.15) is 0 Å². The van der Waals surface area contributed by atoms with Crippen molar-refractivity contribution in [3.8, 4) is 28.7 Å². The minimum Gasteiger partial charge on any atom is -0.456 e. The SMILES string of the molecule is c1ccc(-c2nc(-c3ccc4oc5ccccc5c4c3)nc(-n3c4cc5ccccc5cc4c4cc5ccccc5cc43)n2)cc1. The summed E-state index contributed by atoms with van der Waals surface area (Å²) < 4.78 is 8.33. The van der Waals surface area contributed by atoms with Gasteiger partial charge in [-0.2, -0.15) is 9.97 Å². The molecule has 0 atom stereocenters. The van der Waals surface area contributed by atoms with E-state index in [1.54, 1.807) is 0 Å². The fraction of sp³-hybridized carbons (Fsp3) is 0. The summed E-state index contributed by atoms with van der Waals surface area (Å²) in [7, 11) is 0. The summed E-state index contributed by atoms with van der Waals surface area (Å²) in [6, 6.07) is 50.5. The first-order chi connectivity index (χ1) is 22.8. The number of aromatic nitrogens is 4. The second kappa shape index (κ2) is 9.58. The van der Waals surface area contributed by atoms with E-state index in [9.17, 15) is 0 Å². The van der Waals surface area contributed by atoms with Crippen LogP contribution in [0, 0.1) is 0 Å². The van der Waals surface area contributed by atoms with Crippen LogP contribution in [0.4, 0.5) is 0 Å². The Labute approximate surface area is 263 Å². The zero-order valence-corrected chi connectivity index (χ0v) is 24.6. The average molecular weight is 589 g/mol. The molecule has 0 aliphatic rings. The lowest BCUT2D eigenvalue weighted by molar-refractivity contribution is 0.669. The lowest BCUT2D eigenvalue weighted by atomic mass is 10.0. The molecule has 10 rings (SSSR count). The molecule has 0 aliphatic heterocycles. The normalized spacial score (nSPS) is 11.9. The van der Waals surface area contributed by atoms with Gasteiger partial charge < -0.3 is 4.42 Å². The van der Waals surface area contributed by atoms with Gasteiger partial charge in [0.1, 0.15) is 11.2 Å². The third-order valence-electron chi connectivity index (χ3n) is 8.99. The van der Waals surface area contributed by atoms with Gasteiger partial charge in [-0.3, -0.25) is 4.57 Å². The number of rotatable bonds is 3. The molecule has 0 unspecified atom stereocenters. The summed E-state index contributed by atoms with van der Waals surface area (Å²) in [6.07, 6.45) is 0. The number of para-hydroxylation sites is 1. The van der Waals surface area contributed by atoms with Gasteiger partial charge in [0.15, 0.2) is 11.6 Å². The Morgan fingerprint density at radius 1 is 0.391 bits per heavy atom. The summed E-state index contributed by atoms with van der Waals surface area (Å²) in [5.74, 6) is 1.80. The van der Waals surface area contributed by atoms with Crippen LogP contribution >= 0.6 is 0 Å². The Bertz CT molecular complexity index is 2720. The molecule has 3 aromatic heterocycles. The first-order valence-corrected chi connectivity index (χ1v) is 15.4. The largest absolute Gasteiger partial charge is 0.456 e. The van der Waals surface area contributed by atoms with Crippen LogP contribution in [0.2, 0.25) is 0 Å². The quantitative estimate of drug-likeness (QED) is 0.206. The molecule has 0 radical (unpaired) electrons. The van der Waals surface area contributed by atoms with E-state index in [0.717, 1.165) is 54.9 Å². The molecule has 7 aromatic carbocycles. The van der Waals surface area contributed by atoms with Crippen molar-refractivity contribution >= 4 is 65.3 Å². The predicted octanol–water partition coefficient (Wildman–Crippen LogP) is 10.5. The van der Waals surface area contributed by atoms with Gasteiger partial charge in [0.2, 0.25) is 5.95 Å². The van der Waals surface area contributed by atoms with Gasteiger partial charge in [-0.1, -0.05) is 97.1 Å². The van der Waals surface area contributed by atoms with Crippen LogP contribution in [0.5, 0.6) is 0 Å². The maximum atomic E-state index is 6.13. The van der Waals surface area contributed by atoms with Crippen LogP contribution in [0.25, 0.3) is 94.0 Å². The highest BCUT2D eigenvalue weighted by Gasteiger charge is 2.20. The van der Waals surface area contributed by atoms with Crippen LogP contribution in [-0.2, 0) is 0 Å². The third-order valence-corrected chi connectivity index (χ3v) is 8.99. The molecule has 3 heterocycles. The standard InChI is InChI=1S/C41H24N4O/c1-2-10-25(11-3-1)39-42-40(30-18-19-38-34(22-30)31-16-8-9-17-37(31)46-38)44-41(43-39)45-35-23-28-14-6-4-12-26(28)20-32(35)33-21-27-13-5-7-15-29(27)24-36(33)45/h1-24H. The highest BCUT2D eigenvalue weighted by Crippen LogP contribution is 2.38. The molecule has 5 nitrogen and oxygen atoms in total. The number of hydrogen-bond acceptors (Lipinski definition) is 4. The molecule has 0 bridgehead atoms. The van der Waals surface area contributed by atoms with E-state index in [4.69, 9.17) is 19.4 Å². The van der Waals surface area contributed by atoms with Gasteiger partial charge in [-0.15, -0.1) is 0 Å². The first kappa shape index (κ1) is 25.0. The zero-order valence-electron chi connectivity index (χ0n) is 24.6. The van der Waals surface area contributed by atoms with Crippen molar-refractivity contribution < 1.29 is 4.42 Å². The Kier molecular flexibility index (Phi) is 5.22. The smallest absolute Gasteiger partial charge is 0.238 e. The lowest BCUT2D eigenvalue weighted by Crippen LogP contribution is -2.06. The van der Waals surface area contributed by atoms with Crippen molar-refractivity contribution in [1.29, 1.82) is 0 Å². The highest BCUT2D eigenvalue weighted by molar-refractivity contribution is 6.16. The van der Waals surface area contributed by atoms with E-state index < -0.39 is 0 Å². The van der Waals surface area contributed by atoms with Gasteiger partial charge in [-0.25, -0.2) is 4.98 Å². The summed E-state index contributed by atoms with van der Waals surface area (Å²) in [5, 5.41) is 9.15. The molecule has 0 aliphatic carbocycles. The Balaban J connectivity index is 1.31. The van der Waals surface area contributed by atoms with Crippen LogP contribution < -0.4 is 0 Å². The van der Waals surface area contributed by atoms with Crippen molar-refractivity contribution in [2.75, 3.05) is 0 Å². The number of nitrogens with zero attached hydrogens (tertiary/aromatic N) is 4. The monoisotopic (exact) mass is 588 g/mol. The van der Waals surface area contributed by atoms with E-state index in [0.29, 0.717) is 17.6 Å². The molecule has 0 saturated carbocycles. The fourth-order valence-corrected chi connectivity index (χ4v) is 6.78. The van der Waals surface area contributed by atoms with Crippen molar-refractivity contribution in [2.45, 2.75) is 0 Å². The van der Waals surface area contributed by atoms with E-state index in [2.05, 4.69) is 89.5 Å². The fourth-order valence-electron chi connectivity index (χ4n) is 6.78. The van der Waals surface area contributed by atoms with Gasteiger partial charge in [0, 0.05) is 32.7 Å². The highest BCUT2D eigenvalue weighted by atomic mass is 16.3. The molecule has 0 spiro atoms. The van der Waals surface area contributed by atoms with E-state index >= 15 is 0 Å². The van der Waals surface area contributed by atoms with E-state index in [-0.39, 0.29) is 0 Å². The maximum Gasteiger partial charge on any atom is 0.238 e. The Morgan fingerprint density at radius 3 is 1.61 bits per heavy atom. The zero-order chi connectivity index (χ0) is 30.2. The van der Waals surface area contributed by atoms with Crippen molar-refractivity contribution in [3.63, 3.8) is 0 Å². The van der Waals surface area contributed by atoms with Crippen LogP contribution in [0.3, 0.4) is 0 Å². The average Bonchev–Trinajstić information content (AvgIpc) is 3.64. The summed E-state index contributed by atoms with van der Waals surface area (Å²) in [6.45, 7) is 0. The Morgan fingerprint density at radius 2 is 0.935 bits per heavy atom. The summed E-state index contributed by atoms with van der Waals surface area (Å²) in [5.41, 5.74) is 5.63. The molecule has 0 saturated heterocycles. The van der Waals surface area contributed by atoms with Crippen molar-refractivity contribution in [3.05, 3.63) is 146 Å². The minimum atomic E-state index is 0.576. The van der Waals surface area contributed by atoms with E-state index in [1.165, 1.54) is 21.5 Å². The van der Waals surface area contributed by atoms with Crippen molar-refractivity contribution in [1.82, 2.24) is 19.5 Å². The number of furan rings is 1. The third kappa shape index (κ3) is 3.79. The van der Waals surface area contributed by atoms with Gasteiger partial charge in [0.25, 0.3) is 0 Å². The molecule has 0 fully saturated rings. The van der Waals surface area contributed by atoms with Gasteiger partial charge >= 0.3 is 0 Å². The Hall–Kier alpha value is -6.33. The van der Waals surface area contributed by atoms with Crippen LogP contribution in [-0.4, -0.2) is 19.5 Å². The molecule has 0 amide bonds. The molecule has 214 valence electrons. The first-order valence-electron chi connectivity index (χ1n) is 15.4. The summed E-state index contributed by atoms with van der Waals surface area (Å²) >= 11 is 0. The summed E-state index contributed by atoms with van der Waals surface area (Å²) in [4.78, 5) is 15.4. The molecule has 10 aromatic rings. The van der Waals surface area contributed by atoms with Gasteiger partial charge in [0.05, 0.1) is 11.0 Å². The molecule has 5 heteroatoms. The van der Waals surface area contributed by atoms with Gasteiger partial charge in [-0.05, 0) is 70.1 Å². The van der Waals surface area contributed by atoms with Crippen LogP contribution in [0.15, 0.2) is 150 Å². The molecular weight excluding hydrogens is 564 g/mol. The van der Waals surface area contributed by atoms with Crippen molar-refractivity contribution in [2.24, 2.45) is 0 Å². The van der Waals surface area contributed by atoms with E-state index in [1.807, 2.05) is 60.7 Å². The predicted molar refractivity (Wildman–Crippen MR) is 187 cm³/mol. The molecular formula is C41H24N4O. The molecule has 46 heavy (non-hydrogen) atoms. The maximum absolute atomic E-state index is 6.13. The second-order valence-electron chi connectivity index (χ2n) is 11.7. The number of fused-ring (bicyclic) bond motifs is 8. The number of hydrogen-bond donors (Lipinski definition) is 0. The minimum absolute atomic E-state index is 0.576. The molecule has 0 N–H and O–H groups in total. The second-order valence-corrected chi connectivity index (χ2v) is 11.7. The number of benzene rings is 7.